The third-order valence-electron chi connectivity index (χ3n) is 8.84. The Morgan fingerprint density at radius 2 is 1.57 bits per heavy atom. The zero-order valence-corrected chi connectivity index (χ0v) is 22.4. The average molecular weight is 460 g/mol. The molecule has 3 aliphatic rings. The molecule has 4 heteroatoms. The molecule has 1 saturated carbocycles. The molecule has 0 spiro atoms. The number of aryl methyl sites for hydroxylation is 2. The van der Waals surface area contributed by atoms with E-state index in [-0.39, 0.29) is 5.92 Å². The van der Waals surface area contributed by atoms with E-state index >= 15 is 0 Å². The molecule has 0 radical (unpaired) electrons. The summed E-state index contributed by atoms with van der Waals surface area (Å²) in [6, 6.07) is 5.01. The van der Waals surface area contributed by atoms with Crippen molar-refractivity contribution in [2.45, 2.75) is 98.9 Å². The van der Waals surface area contributed by atoms with Crippen molar-refractivity contribution < 1.29 is 19.1 Å². The van der Waals surface area contributed by atoms with Gasteiger partial charge in [-0.1, -0.05) is 0 Å². The van der Waals surface area contributed by atoms with Gasteiger partial charge in [-0.25, -0.2) is 0 Å². The van der Waals surface area contributed by atoms with Gasteiger partial charge < -0.3 is 0 Å². The number of hydrogen-bond donors (Lipinski definition) is 1. The molecule has 1 unspecified atom stereocenters. The zero-order chi connectivity index (χ0) is 21.5. The molecule has 164 valence electrons. The fraction of sp³-hybridized carbons (Fsp3) is 0.654. The van der Waals surface area contributed by atoms with Crippen LogP contribution in [0.1, 0.15) is 84.8 Å². The molecule has 30 heavy (non-hydrogen) atoms. The van der Waals surface area contributed by atoms with E-state index in [2.05, 4.69) is 52.5 Å². The van der Waals surface area contributed by atoms with Gasteiger partial charge >= 0.3 is 186 Å². The minimum atomic E-state index is -3.35. The first-order chi connectivity index (χ1) is 14.2. The van der Waals surface area contributed by atoms with Crippen LogP contribution in [-0.2, 0) is 31.9 Å². The molecule has 0 aromatic heterocycles. The summed E-state index contributed by atoms with van der Waals surface area (Å²) >= 11 is -3.35. The van der Waals surface area contributed by atoms with Gasteiger partial charge in [-0.05, 0) is 0 Å². The number of nitrogens with one attached hydrogen (secondary N) is 1. The van der Waals surface area contributed by atoms with Crippen LogP contribution in [0, 0.1) is 5.92 Å². The fourth-order valence-electron chi connectivity index (χ4n) is 6.45. The second-order valence-corrected chi connectivity index (χ2v) is 33.5. The van der Waals surface area contributed by atoms with Gasteiger partial charge in [0.1, 0.15) is 0 Å². The number of allylic oxidation sites excluding steroid dienone is 1. The maximum atomic E-state index is 13.7. The topological polar surface area (TPSA) is 29.1 Å². The Morgan fingerprint density at radius 1 is 0.967 bits per heavy atom. The predicted molar refractivity (Wildman–Crippen MR) is 128 cm³/mol. The molecular formula is C26H41NOSiTi. The van der Waals surface area contributed by atoms with Gasteiger partial charge in [0.05, 0.1) is 0 Å². The molecule has 0 aliphatic heterocycles. The van der Waals surface area contributed by atoms with E-state index in [0.717, 1.165) is 12.8 Å². The standard InChI is InChI=1S/C13H13.C9H17NO.C2H6Si.2CH3.Ti/c1-9-5-12-7-10-3-2-4-11(10)8-13(12)6-9;10-9(11)8-6-4-2-1-3-5-7-8;1-3-2;;;/h5-8H,2-4H2,1H3;8H,1-7H2,(H2,10,11);1-2H3;2*1H3;/q;;;;;+1/p-1. The molecule has 1 fully saturated rings. The van der Waals surface area contributed by atoms with Crippen LogP contribution in [0.4, 0.5) is 0 Å². The Bertz CT molecular complexity index is 955. The van der Waals surface area contributed by atoms with Gasteiger partial charge in [-0.2, -0.15) is 0 Å². The molecule has 1 N–H and O–H groups in total. The summed E-state index contributed by atoms with van der Waals surface area (Å²) in [6.45, 7) is 7.27. The molecule has 4 rings (SSSR count). The zero-order valence-electron chi connectivity index (χ0n) is 19.9. The van der Waals surface area contributed by atoms with E-state index in [1.165, 1.54) is 62.5 Å². The van der Waals surface area contributed by atoms with Crippen LogP contribution >= 0.6 is 0 Å². The first-order valence-corrected chi connectivity index (χ1v) is 22.0. The van der Waals surface area contributed by atoms with Crippen molar-refractivity contribution in [2.24, 2.45) is 5.92 Å². The molecule has 1 atom stereocenters. The van der Waals surface area contributed by atoms with Crippen LogP contribution in [0.2, 0.25) is 23.6 Å². The quantitative estimate of drug-likeness (QED) is 0.482. The summed E-state index contributed by atoms with van der Waals surface area (Å²) in [5.41, 5.74) is 7.62. The van der Waals surface area contributed by atoms with E-state index in [9.17, 15) is 4.79 Å². The molecule has 1 aromatic rings. The van der Waals surface area contributed by atoms with E-state index in [4.69, 9.17) is 0 Å². The second kappa shape index (κ2) is 8.37. The summed E-state index contributed by atoms with van der Waals surface area (Å²) in [7, 11) is 0. The van der Waals surface area contributed by atoms with E-state index in [1.807, 2.05) is 0 Å². The maximum absolute atomic E-state index is 13.7. The number of carbonyl (C=O) groups excluding carboxylic acids is 1. The summed E-state index contributed by atoms with van der Waals surface area (Å²) in [5, 5.41) is 5.10. The SMILES string of the molecule is CC1=Cc2cc3c(cc2[CH]1[Ti]([CH3])([CH3])([NH]C(=O)C1CCCCCCC1)=[Si](C)C)CCC3. The predicted octanol–water partition coefficient (Wildman–Crippen LogP) is 7.06. The van der Waals surface area contributed by atoms with Gasteiger partial charge in [0.2, 0.25) is 0 Å². The molecule has 1 aromatic carbocycles. The molecule has 0 heterocycles. The number of fused-ring (bicyclic) bond motifs is 2. The first-order valence-electron chi connectivity index (χ1n) is 12.4. The van der Waals surface area contributed by atoms with Gasteiger partial charge in [-0.15, -0.1) is 0 Å². The van der Waals surface area contributed by atoms with E-state index < -0.39 is 20.5 Å². The molecule has 3 aliphatic carbocycles. The first kappa shape index (κ1) is 22.6. The Hall–Kier alpha value is -0.639. The number of carbonyl (C=O) groups is 1. The molecule has 0 bridgehead atoms. The third-order valence-corrected chi connectivity index (χ3v) is 33.5. The van der Waals surface area contributed by atoms with Crippen molar-refractivity contribution in [3.05, 3.63) is 40.0 Å². The van der Waals surface area contributed by atoms with Crippen LogP contribution in [0.15, 0.2) is 17.7 Å². The van der Waals surface area contributed by atoms with Crippen molar-refractivity contribution in [3.8, 4) is 0 Å². The minimum absolute atomic E-state index is 0.236. The Labute approximate surface area is 185 Å². The van der Waals surface area contributed by atoms with Crippen molar-refractivity contribution in [2.75, 3.05) is 0 Å². The monoisotopic (exact) mass is 459 g/mol. The summed E-state index contributed by atoms with van der Waals surface area (Å²) < 4.78 is 4.39. The van der Waals surface area contributed by atoms with Crippen molar-refractivity contribution >= 4 is 18.2 Å². The summed E-state index contributed by atoms with van der Waals surface area (Å²) in [4.78, 5) is 13.7. The van der Waals surface area contributed by atoms with Gasteiger partial charge in [0.15, 0.2) is 0 Å². The number of hydrogen-bond acceptors (Lipinski definition) is 1. The van der Waals surface area contributed by atoms with Crippen LogP contribution in [-0.4, -0.2) is 12.1 Å². The van der Waals surface area contributed by atoms with Crippen molar-refractivity contribution in [3.63, 3.8) is 0 Å². The van der Waals surface area contributed by atoms with Crippen LogP contribution in [0.25, 0.3) is 6.08 Å². The second-order valence-electron chi connectivity index (χ2n) is 11.4. The number of rotatable bonds is 3. The number of benzene rings is 1. The van der Waals surface area contributed by atoms with Crippen LogP contribution in [0.5, 0.6) is 0 Å². The van der Waals surface area contributed by atoms with Crippen molar-refractivity contribution in [1.82, 2.24) is 3.80 Å². The van der Waals surface area contributed by atoms with Crippen LogP contribution < -0.4 is 3.80 Å². The molecule has 2 nitrogen and oxygen atoms in total. The molecular weight excluding hydrogens is 418 g/mol. The van der Waals surface area contributed by atoms with Crippen molar-refractivity contribution in [1.29, 1.82) is 0 Å². The average Bonchev–Trinajstić information content (AvgIpc) is 3.21. The summed E-state index contributed by atoms with van der Waals surface area (Å²) in [5.74, 6) is 0.632. The molecule has 0 saturated heterocycles. The third kappa shape index (κ3) is 3.95. The number of amides is 1. The van der Waals surface area contributed by atoms with Gasteiger partial charge in [0, 0.05) is 0 Å². The fourth-order valence-corrected chi connectivity index (χ4v) is 19.1. The van der Waals surface area contributed by atoms with E-state index in [1.54, 1.807) is 16.7 Å². The molecule has 1 amide bonds. The van der Waals surface area contributed by atoms with Crippen LogP contribution in [0.3, 0.4) is 0 Å². The van der Waals surface area contributed by atoms with Gasteiger partial charge in [-0.3, -0.25) is 0 Å². The van der Waals surface area contributed by atoms with Gasteiger partial charge in [0.25, 0.3) is 0 Å². The Kier molecular flexibility index (Phi) is 6.29. The Balaban J connectivity index is 1.72. The Morgan fingerprint density at radius 3 is 2.20 bits per heavy atom. The van der Waals surface area contributed by atoms with E-state index in [0.29, 0.717) is 10.1 Å². The normalized spacial score (nSPS) is 22.6. The summed E-state index contributed by atoms with van der Waals surface area (Å²) in [6.07, 6.45) is 14.1.